The lowest BCUT2D eigenvalue weighted by Crippen LogP contribution is -2.47. The van der Waals surface area contributed by atoms with E-state index in [1.165, 1.54) is 12.1 Å². The van der Waals surface area contributed by atoms with Crippen LogP contribution in [0.4, 0.5) is 4.39 Å². The molecule has 4 nitrogen and oxygen atoms in total. The molecule has 7 heteroatoms. The van der Waals surface area contributed by atoms with Gasteiger partial charge in [-0.25, -0.2) is 12.8 Å². The third kappa shape index (κ3) is 5.50. The summed E-state index contributed by atoms with van der Waals surface area (Å²) in [7, 11) is -2.98. The van der Waals surface area contributed by atoms with Gasteiger partial charge < -0.3 is 5.32 Å². The maximum Gasteiger partial charge on any atom is 0.151 e. The Labute approximate surface area is 138 Å². The van der Waals surface area contributed by atoms with Gasteiger partial charge in [-0.05, 0) is 24.1 Å². The fourth-order valence-electron chi connectivity index (χ4n) is 2.73. The Balaban J connectivity index is 0.00000242. The molecule has 0 aliphatic carbocycles. The molecule has 1 aromatic carbocycles. The molecule has 1 saturated heterocycles. The maximum atomic E-state index is 13.4. The lowest BCUT2D eigenvalue weighted by molar-refractivity contribution is 0.171. The number of hydrogen-bond donors (Lipinski definition) is 1. The minimum atomic E-state index is -2.98. The molecule has 0 amide bonds. The van der Waals surface area contributed by atoms with Gasteiger partial charge in [0.2, 0.25) is 0 Å². The minimum absolute atomic E-state index is 0. The van der Waals surface area contributed by atoms with Crippen molar-refractivity contribution in [2.75, 3.05) is 37.7 Å². The number of halogens is 2. The van der Waals surface area contributed by atoms with Crippen molar-refractivity contribution in [3.63, 3.8) is 0 Å². The van der Waals surface area contributed by atoms with Crippen LogP contribution in [0, 0.1) is 5.82 Å². The van der Waals surface area contributed by atoms with Gasteiger partial charge in [0.15, 0.2) is 9.84 Å². The lowest BCUT2D eigenvalue weighted by Gasteiger charge is -2.36. The van der Waals surface area contributed by atoms with Crippen LogP contribution in [-0.4, -0.2) is 51.0 Å². The van der Waals surface area contributed by atoms with Crippen LogP contribution in [0.15, 0.2) is 24.3 Å². The summed E-state index contributed by atoms with van der Waals surface area (Å²) < 4.78 is 37.1. The molecular weight excluding hydrogens is 327 g/mol. The quantitative estimate of drug-likeness (QED) is 0.852. The van der Waals surface area contributed by atoms with Crippen molar-refractivity contribution in [2.45, 2.75) is 19.4 Å². The summed E-state index contributed by atoms with van der Waals surface area (Å²) in [6.45, 7) is 4.71. The summed E-state index contributed by atoms with van der Waals surface area (Å²) in [6, 6.07) is 6.59. The zero-order chi connectivity index (χ0) is 15.3. The Kier molecular flexibility index (Phi) is 7.76. The molecule has 1 unspecified atom stereocenters. The van der Waals surface area contributed by atoms with E-state index in [2.05, 4.69) is 10.2 Å². The van der Waals surface area contributed by atoms with Gasteiger partial charge in [0.25, 0.3) is 0 Å². The highest BCUT2D eigenvalue weighted by atomic mass is 35.5. The molecule has 0 aromatic heterocycles. The van der Waals surface area contributed by atoms with E-state index < -0.39 is 9.84 Å². The summed E-state index contributed by atoms with van der Waals surface area (Å²) in [6.07, 6.45) is 0.650. The Hall–Kier alpha value is -0.690. The molecule has 0 bridgehead atoms. The molecule has 2 rings (SSSR count). The molecule has 1 fully saturated rings. The Morgan fingerprint density at radius 2 is 2.14 bits per heavy atom. The predicted molar refractivity (Wildman–Crippen MR) is 89.8 cm³/mol. The fourth-order valence-corrected chi connectivity index (χ4v) is 4.06. The number of rotatable bonds is 6. The first kappa shape index (κ1) is 19.4. The molecule has 0 saturated carbocycles. The third-order valence-electron chi connectivity index (χ3n) is 3.79. The summed E-state index contributed by atoms with van der Waals surface area (Å²) in [5, 5.41) is 3.29. The standard InChI is InChI=1S/C15H23FN2O2S.ClH/c1-2-9-21(19,20)10-8-18-7-6-17-12-15(18)13-4-3-5-14(16)11-13;/h3-5,11,15,17H,2,6-10,12H2,1H3;1H. The second kappa shape index (κ2) is 8.82. The molecule has 1 aromatic rings. The molecular formula is C15H24ClFN2O2S. The predicted octanol–water partition coefficient (Wildman–Crippen LogP) is 2.02. The first-order valence-electron chi connectivity index (χ1n) is 7.42. The van der Waals surface area contributed by atoms with E-state index in [9.17, 15) is 12.8 Å². The molecule has 22 heavy (non-hydrogen) atoms. The summed E-state index contributed by atoms with van der Waals surface area (Å²) >= 11 is 0. The molecule has 1 heterocycles. The van der Waals surface area contributed by atoms with Crippen LogP contribution in [0.2, 0.25) is 0 Å². The van der Waals surface area contributed by atoms with Crippen LogP contribution in [-0.2, 0) is 9.84 Å². The largest absolute Gasteiger partial charge is 0.314 e. The minimum Gasteiger partial charge on any atom is -0.314 e. The first-order valence-corrected chi connectivity index (χ1v) is 9.24. The van der Waals surface area contributed by atoms with Crippen LogP contribution in [0.1, 0.15) is 24.9 Å². The average Bonchev–Trinajstić information content (AvgIpc) is 2.45. The zero-order valence-electron chi connectivity index (χ0n) is 12.8. The zero-order valence-corrected chi connectivity index (χ0v) is 14.4. The molecule has 1 aliphatic rings. The van der Waals surface area contributed by atoms with Gasteiger partial charge >= 0.3 is 0 Å². The van der Waals surface area contributed by atoms with E-state index in [-0.39, 0.29) is 35.8 Å². The summed E-state index contributed by atoms with van der Waals surface area (Å²) in [5.41, 5.74) is 0.898. The van der Waals surface area contributed by atoms with Gasteiger partial charge in [0.1, 0.15) is 5.82 Å². The van der Waals surface area contributed by atoms with Crippen molar-refractivity contribution < 1.29 is 12.8 Å². The van der Waals surface area contributed by atoms with E-state index in [4.69, 9.17) is 0 Å². The molecule has 1 N–H and O–H groups in total. The molecule has 0 spiro atoms. The van der Waals surface area contributed by atoms with E-state index >= 15 is 0 Å². The fraction of sp³-hybridized carbons (Fsp3) is 0.600. The number of nitrogens with one attached hydrogen (secondary N) is 1. The third-order valence-corrected chi connectivity index (χ3v) is 5.63. The number of benzene rings is 1. The number of nitrogens with zero attached hydrogens (tertiary/aromatic N) is 1. The number of sulfone groups is 1. The van der Waals surface area contributed by atoms with E-state index in [1.54, 1.807) is 6.07 Å². The average molecular weight is 351 g/mol. The van der Waals surface area contributed by atoms with Crippen LogP contribution >= 0.6 is 12.4 Å². The summed E-state index contributed by atoms with van der Waals surface area (Å²) in [4.78, 5) is 2.14. The smallest absolute Gasteiger partial charge is 0.151 e. The van der Waals surface area contributed by atoms with E-state index in [0.717, 1.165) is 25.2 Å². The highest BCUT2D eigenvalue weighted by molar-refractivity contribution is 7.91. The Morgan fingerprint density at radius 3 is 2.82 bits per heavy atom. The van der Waals surface area contributed by atoms with Crippen molar-refractivity contribution in [1.29, 1.82) is 0 Å². The van der Waals surface area contributed by atoms with E-state index in [0.29, 0.717) is 13.0 Å². The van der Waals surface area contributed by atoms with Gasteiger partial charge in [-0.15, -0.1) is 12.4 Å². The normalized spacial score (nSPS) is 19.6. The number of piperazine rings is 1. The van der Waals surface area contributed by atoms with E-state index in [1.807, 2.05) is 13.0 Å². The summed E-state index contributed by atoms with van der Waals surface area (Å²) in [5.74, 6) is 0.160. The lowest BCUT2D eigenvalue weighted by atomic mass is 10.0. The van der Waals surface area contributed by atoms with Crippen molar-refractivity contribution in [3.8, 4) is 0 Å². The molecule has 1 atom stereocenters. The topological polar surface area (TPSA) is 49.4 Å². The second-order valence-corrected chi connectivity index (χ2v) is 7.77. The van der Waals surface area contributed by atoms with Gasteiger partial charge in [-0.1, -0.05) is 19.1 Å². The Bertz CT molecular complexity index is 568. The van der Waals surface area contributed by atoms with Gasteiger partial charge in [-0.3, -0.25) is 4.90 Å². The van der Waals surface area contributed by atoms with Crippen molar-refractivity contribution in [3.05, 3.63) is 35.6 Å². The van der Waals surface area contributed by atoms with Crippen LogP contribution < -0.4 is 5.32 Å². The van der Waals surface area contributed by atoms with Gasteiger partial charge in [0, 0.05) is 38.0 Å². The number of hydrogen-bond acceptors (Lipinski definition) is 4. The van der Waals surface area contributed by atoms with Crippen LogP contribution in [0.3, 0.4) is 0 Å². The van der Waals surface area contributed by atoms with Gasteiger partial charge in [-0.2, -0.15) is 0 Å². The first-order chi connectivity index (χ1) is 10.0. The monoisotopic (exact) mass is 350 g/mol. The molecule has 126 valence electrons. The SMILES string of the molecule is CCCS(=O)(=O)CCN1CCNCC1c1cccc(F)c1.Cl. The highest BCUT2D eigenvalue weighted by Crippen LogP contribution is 2.22. The van der Waals surface area contributed by atoms with Crippen LogP contribution in [0.5, 0.6) is 0 Å². The highest BCUT2D eigenvalue weighted by Gasteiger charge is 2.25. The van der Waals surface area contributed by atoms with Crippen molar-refractivity contribution in [1.82, 2.24) is 10.2 Å². The van der Waals surface area contributed by atoms with Crippen molar-refractivity contribution in [2.24, 2.45) is 0 Å². The molecule has 1 aliphatic heterocycles. The molecule has 0 radical (unpaired) electrons. The Morgan fingerprint density at radius 1 is 1.36 bits per heavy atom. The van der Waals surface area contributed by atoms with Gasteiger partial charge in [0.05, 0.1) is 5.75 Å². The second-order valence-electron chi connectivity index (χ2n) is 5.46. The van der Waals surface area contributed by atoms with Crippen molar-refractivity contribution >= 4 is 22.2 Å². The maximum absolute atomic E-state index is 13.4. The van der Waals surface area contributed by atoms with Crippen LogP contribution in [0.25, 0.3) is 0 Å².